The molecule has 1 fully saturated rings. The molecule has 0 radical (unpaired) electrons. The average Bonchev–Trinajstić information content (AvgIpc) is 3.30. The van der Waals surface area contributed by atoms with Crippen LogP contribution in [-0.4, -0.2) is 30.9 Å². The predicted octanol–water partition coefficient (Wildman–Crippen LogP) is 1.84. The van der Waals surface area contributed by atoms with Crippen molar-refractivity contribution < 1.29 is 9.59 Å². The third kappa shape index (κ3) is 5.94. The van der Waals surface area contributed by atoms with Gasteiger partial charge in [0.05, 0.1) is 0 Å². The largest absolute Gasteiger partial charge is 0.352 e. The first kappa shape index (κ1) is 18.9. The molecule has 0 heterocycles. The maximum absolute atomic E-state index is 11.9. The quantitative estimate of drug-likeness (QED) is 0.664. The molecule has 122 valence electrons. The average molecular weight is 391 g/mol. The highest BCUT2D eigenvalue weighted by molar-refractivity contribution is 9.10. The van der Waals surface area contributed by atoms with E-state index in [1.807, 2.05) is 12.1 Å². The van der Waals surface area contributed by atoms with Crippen LogP contribution in [0, 0.1) is 5.92 Å². The van der Waals surface area contributed by atoms with Crippen LogP contribution in [0.5, 0.6) is 0 Å². The second-order valence-corrected chi connectivity index (χ2v) is 6.18. The molecule has 0 aliphatic heterocycles. The van der Waals surface area contributed by atoms with Gasteiger partial charge in [0.2, 0.25) is 5.91 Å². The molecule has 1 aliphatic carbocycles. The van der Waals surface area contributed by atoms with Gasteiger partial charge in [0.25, 0.3) is 5.91 Å². The zero-order valence-electron chi connectivity index (χ0n) is 12.2. The molecule has 1 aromatic rings. The number of halogens is 2. The highest BCUT2D eigenvalue weighted by Gasteiger charge is 2.30. The van der Waals surface area contributed by atoms with Crippen molar-refractivity contribution in [1.82, 2.24) is 10.6 Å². The van der Waals surface area contributed by atoms with Crippen molar-refractivity contribution in [2.24, 2.45) is 11.7 Å². The molecule has 2 amide bonds. The maximum atomic E-state index is 11.9. The van der Waals surface area contributed by atoms with E-state index in [1.54, 1.807) is 12.1 Å². The number of carbonyl (C=O) groups is 2. The zero-order chi connectivity index (χ0) is 15.2. The Bertz CT molecular complexity index is 506. The van der Waals surface area contributed by atoms with Crippen LogP contribution in [0.4, 0.5) is 0 Å². The Labute approximate surface area is 144 Å². The Morgan fingerprint density at radius 3 is 2.45 bits per heavy atom. The minimum absolute atomic E-state index is 0. The van der Waals surface area contributed by atoms with Crippen molar-refractivity contribution in [3.05, 3.63) is 34.3 Å². The van der Waals surface area contributed by atoms with E-state index < -0.39 is 0 Å². The van der Waals surface area contributed by atoms with Crippen LogP contribution >= 0.6 is 28.3 Å². The summed E-state index contributed by atoms with van der Waals surface area (Å²) in [6.45, 7) is 0.796. The molecule has 5 nitrogen and oxygen atoms in total. The van der Waals surface area contributed by atoms with Crippen molar-refractivity contribution in [2.45, 2.75) is 25.3 Å². The molecule has 1 aromatic carbocycles. The van der Waals surface area contributed by atoms with Gasteiger partial charge in [0.1, 0.15) is 0 Å². The smallest absolute Gasteiger partial charge is 0.251 e. The van der Waals surface area contributed by atoms with Crippen molar-refractivity contribution in [2.75, 3.05) is 13.1 Å². The van der Waals surface area contributed by atoms with E-state index in [0.717, 1.165) is 17.3 Å². The molecule has 0 saturated heterocycles. The lowest BCUT2D eigenvalue weighted by molar-refractivity contribution is -0.121. The highest BCUT2D eigenvalue weighted by Crippen LogP contribution is 2.32. The molecule has 1 saturated carbocycles. The third-order valence-electron chi connectivity index (χ3n) is 3.54. The molecule has 22 heavy (non-hydrogen) atoms. The number of hydrogen-bond acceptors (Lipinski definition) is 3. The number of nitrogens with two attached hydrogens (primary N) is 1. The first-order valence-corrected chi connectivity index (χ1v) is 7.92. The van der Waals surface area contributed by atoms with Gasteiger partial charge in [-0.1, -0.05) is 15.9 Å². The van der Waals surface area contributed by atoms with Crippen LogP contribution < -0.4 is 16.4 Å². The fourth-order valence-corrected chi connectivity index (χ4v) is 2.40. The molecule has 1 atom stereocenters. The second-order valence-electron chi connectivity index (χ2n) is 5.26. The summed E-state index contributed by atoms with van der Waals surface area (Å²) in [5.74, 6) is 0.303. The topological polar surface area (TPSA) is 84.2 Å². The van der Waals surface area contributed by atoms with E-state index in [9.17, 15) is 9.59 Å². The lowest BCUT2D eigenvalue weighted by atomic mass is 10.2. The van der Waals surface area contributed by atoms with Crippen molar-refractivity contribution in [3.8, 4) is 0 Å². The lowest BCUT2D eigenvalue weighted by Crippen LogP contribution is -2.42. The summed E-state index contributed by atoms with van der Waals surface area (Å²) < 4.78 is 0.923. The van der Waals surface area contributed by atoms with Crippen LogP contribution in [-0.2, 0) is 4.79 Å². The summed E-state index contributed by atoms with van der Waals surface area (Å²) >= 11 is 3.32. The Kier molecular flexibility index (Phi) is 7.85. The summed E-state index contributed by atoms with van der Waals surface area (Å²) in [6.07, 6.45) is 2.55. The minimum atomic E-state index is -0.173. The molecular weight excluding hydrogens is 370 g/mol. The van der Waals surface area contributed by atoms with E-state index in [1.165, 1.54) is 0 Å². The fraction of sp³-hybridized carbons (Fsp3) is 0.467. The molecule has 7 heteroatoms. The van der Waals surface area contributed by atoms with Gasteiger partial charge in [0.15, 0.2) is 0 Å². The third-order valence-corrected chi connectivity index (χ3v) is 4.06. The van der Waals surface area contributed by atoms with E-state index in [4.69, 9.17) is 5.73 Å². The first-order chi connectivity index (χ1) is 10.1. The summed E-state index contributed by atoms with van der Waals surface area (Å²) in [5, 5.41) is 5.67. The van der Waals surface area contributed by atoms with Gasteiger partial charge < -0.3 is 16.4 Å². The monoisotopic (exact) mass is 389 g/mol. The SMILES string of the molecule is Cl.NCC(NC(=O)CCNC(=O)c1ccc(Br)cc1)C1CC1. The van der Waals surface area contributed by atoms with E-state index >= 15 is 0 Å². The van der Waals surface area contributed by atoms with Crippen LogP contribution in [0.1, 0.15) is 29.6 Å². The number of rotatable bonds is 7. The molecule has 0 spiro atoms. The fourth-order valence-electron chi connectivity index (χ4n) is 2.14. The minimum Gasteiger partial charge on any atom is -0.352 e. The molecule has 0 bridgehead atoms. The lowest BCUT2D eigenvalue weighted by Gasteiger charge is -2.16. The molecule has 4 N–H and O–H groups in total. The van der Waals surface area contributed by atoms with E-state index in [-0.39, 0.29) is 36.7 Å². The number of carbonyl (C=O) groups excluding carboxylic acids is 2. The van der Waals surface area contributed by atoms with Gasteiger partial charge in [-0.25, -0.2) is 0 Å². The van der Waals surface area contributed by atoms with Gasteiger partial charge in [-0.15, -0.1) is 12.4 Å². The van der Waals surface area contributed by atoms with Gasteiger partial charge in [0, 0.05) is 35.6 Å². The molecular formula is C15H21BrClN3O2. The van der Waals surface area contributed by atoms with E-state index in [0.29, 0.717) is 24.6 Å². The van der Waals surface area contributed by atoms with Gasteiger partial charge >= 0.3 is 0 Å². The first-order valence-electron chi connectivity index (χ1n) is 7.13. The number of hydrogen-bond donors (Lipinski definition) is 3. The van der Waals surface area contributed by atoms with Crippen molar-refractivity contribution >= 4 is 40.2 Å². The Morgan fingerprint density at radius 1 is 1.27 bits per heavy atom. The second kappa shape index (κ2) is 9.12. The summed E-state index contributed by atoms with van der Waals surface area (Å²) in [7, 11) is 0. The Balaban J connectivity index is 0.00000242. The molecule has 1 unspecified atom stereocenters. The highest BCUT2D eigenvalue weighted by atomic mass is 79.9. The van der Waals surface area contributed by atoms with Gasteiger partial charge in [-0.05, 0) is 43.0 Å². The van der Waals surface area contributed by atoms with Gasteiger partial charge in [-0.3, -0.25) is 9.59 Å². The van der Waals surface area contributed by atoms with Crippen LogP contribution in [0.25, 0.3) is 0 Å². The van der Waals surface area contributed by atoms with E-state index in [2.05, 4.69) is 26.6 Å². The number of benzene rings is 1. The predicted molar refractivity (Wildman–Crippen MR) is 92.0 cm³/mol. The van der Waals surface area contributed by atoms with Crippen LogP contribution in [0.3, 0.4) is 0 Å². The molecule has 2 rings (SSSR count). The van der Waals surface area contributed by atoms with Crippen LogP contribution in [0.2, 0.25) is 0 Å². The van der Waals surface area contributed by atoms with Crippen molar-refractivity contribution in [3.63, 3.8) is 0 Å². The number of amides is 2. The Morgan fingerprint density at radius 2 is 1.91 bits per heavy atom. The summed E-state index contributed by atoms with van der Waals surface area (Å²) in [5.41, 5.74) is 6.22. The van der Waals surface area contributed by atoms with Crippen molar-refractivity contribution in [1.29, 1.82) is 0 Å². The Hall–Kier alpha value is -1.11. The summed E-state index contributed by atoms with van der Waals surface area (Å²) in [4.78, 5) is 23.6. The van der Waals surface area contributed by atoms with Crippen LogP contribution in [0.15, 0.2) is 28.7 Å². The summed E-state index contributed by atoms with van der Waals surface area (Å²) in [6, 6.07) is 7.17. The molecule has 1 aliphatic rings. The standard InChI is InChI=1S/C15H20BrN3O2.ClH/c16-12-5-3-11(4-6-12)15(21)18-8-7-14(20)19-13(9-17)10-1-2-10;/h3-6,10,13H,1-2,7-9,17H2,(H,18,21)(H,19,20);1H. The van der Waals surface area contributed by atoms with Gasteiger partial charge in [-0.2, -0.15) is 0 Å². The maximum Gasteiger partial charge on any atom is 0.251 e. The molecule has 0 aromatic heterocycles. The normalized spacial score (nSPS) is 14.6. The zero-order valence-corrected chi connectivity index (χ0v) is 14.6. The number of nitrogens with one attached hydrogen (secondary N) is 2.